The fraction of sp³-hybridized carbons (Fsp3) is 0.300. The monoisotopic (exact) mass is 383 g/mol. The summed E-state index contributed by atoms with van der Waals surface area (Å²) < 4.78 is 5.66. The van der Waals surface area contributed by atoms with Crippen LogP contribution in [0.2, 0.25) is 0 Å². The molecule has 0 saturated carbocycles. The molecule has 0 fully saturated rings. The van der Waals surface area contributed by atoms with E-state index in [1.807, 2.05) is 0 Å². The smallest absolute Gasteiger partial charge is 0.311 e. The predicted octanol–water partition coefficient (Wildman–Crippen LogP) is 3.43. The van der Waals surface area contributed by atoms with E-state index in [0.717, 1.165) is 0 Å². The number of benzene rings is 2. The molecule has 1 N–H and O–H groups in total. The number of hydrogen-bond acceptors (Lipinski definition) is 5. The zero-order valence-electron chi connectivity index (χ0n) is 16.1. The second-order valence-corrected chi connectivity index (χ2v) is 7.19. The number of nitro groups is 1. The Bertz CT molecular complexity index is 970. The first kappa shape index (κ1) is 19.3. The standard InChI is InChI=1S/C20H21N3O5/c1-12-9-10-17(16(11-12)23(26)27)28-13(2)18(24)22-15-8-6-5-7-14(15)21-19(25)20(22,3)4/h5-11,13H,1-4H3,(H,21,25). The Balaban J connectivity index is 1.95. The highest BCUT2D eigenvalue weighted by Gasteiger charge is 2.45. The lowest BCUT2D eigenvalue weighted by Gasteiger charge is -2.42. The number of amides is 2. The highest BCUT2D eigenvalue weighted by Crippen LogP contribution is 2.37. The summed E-state index contributed by atoms with van der Waals surface area (Å²) >= 11 is 0. The van der Waals surface area contributed by atoms with Crippen molar-refractivity contribution >= 4 is 28.9 Å². The first-order valence-corrected chi connectivity index (χ1v) is 8.79. The van der Waals surface area contributed by atoms with Crippen LogP contribution in [0.15, 0.2) is 42.5 Å². The third kappa shape index (κ3) is 3.28. The normalized spacial score (nSPS) is 16.0. The van der Waals surface area contributed by atoms with Crippen molar-refractivity contribution in [3.8, 4) is 5.75 Å². The van der Waals surface area contributed by atoms with Gasteiger partial charge in [0.25, 0.3) is 5.91 Å². The highest BCUT2D eigenvalue weighted by molar-refractivity contribution is 6.14. The van der Waals surface area contributed by atoms with Gasteiger partial charge < -0.3 is 10.1 Å². The molecular formula is C20H21N3O5. The van der Waals surface area contributed by atoms with Crippen molar-refractivity contribution in [3.05, 3.63) is 58.1 Å². The predicted molar refractivity (Wildman–Crippen MR) is 105 cm³/mol. The lowest BCUT2D eigenvalue weighted by Crippen LogP contribution is -2.60. The van der Waals surface area contributed by atoms with E-state index in [4.69, 9.17) is 4.74 Å². The minimum absolute atomic E-state index is 0.00371. The molecule has 0 radical (unpaired) electrons. The topological polar surface area (TPSA) is 102 Å². The Morgan fingerprint density at radius 1 is 1.25 bits per heavy atom. The lowest BCUT2D eigenvalue weighted by molar-refractivity contribution is -0.386. The van der Waals surface area contributed by atoms with Gasteiger partial charge >= 0.3 is 5.69 Å². The van der Waals surface area contributed by atoms with Crippen LogP contribution in [0, 0.1) is 17.0 Å². The van der Waals surface area contributed by atoms with Crippen LogP contribution in [0.4, 0.5) is 17.1 Å². The molecule has 1 unspecified atom stereocenters. The summed E-state index contributed by atoms with van der Waals surface area (Å²) in [6.45, 7) is 6.52. The van der Waals surface area contributed by atoms with Gasteiger partial charge in [0.1, 0.15) is 5.54 Å². The van der Waals surface area contributed by atoms with Crippen molar-refractivity contribution in [2.75, 3.05) is 10.2 Å². The molecular weight excluding hydrogens is 362 g/mol. The Labute approximate surface area is 162 Å². The molecule has 2 aromatic carbocycles. The molecule has 8 nitrogen and oxygen atoms in total. The van der Waals surface area contributed by atoms with E-state index in [1.165, 1.54) is 24.0 Å². The number of anilines is 2. The van der Waals surface area contributed by atoms with Gasteiger partial charge in [0.05, 0.1) is 16.3 Å². The van der Waals surface area contributed by atoms with Crippen LogP contribution in [0.25, 0.3) is 0 Å². The first-order chi connectivity index (χ1) is 13.1. The zero-order chi connectivity index (χ0) is 20.6. The molecule has 0 saturated heterocycles. The second kappa shape index (κ2) is 6.95. The second-order valence-electron chi connectivity index (χ2n) is 7.19. The number of carbonyl (C=O) groups excluding carboxylic acids is 2. The van der Waals surface area contributed by atoms with Crippen LogP contribution in [0.5, 0.6) is 5.75 Å². The molecule has 0 bridgehead atoms. The van der Waals surface area contributed by atoms with Crippen molar-refractivity contribution in [1.29, 1.82) is 0 Å². The molecule has 1 aliphatic rings. The molecule has 1 aliphatic heterocycles. The van der Waals surface area contributed by atoms with Gasteiger partial charge in [-0.1, -0.05) is 18.2 Å². The van der Waals surface area contributed by atoms with Gasteiger partial charge in [0.2, 0.25) is 5.91 Å². The summed E-state index contributed by atoms with van der Waals surface area (Å²) in [6, 6.07) is 11.5. The van der Waals surface area contributed by atoms with Crippen LogP contribution in [-0.4, -0.2) is 28.4 Å². The summed E-state index contributed by atoms with van der Waals surface area (Å²) in [5.74, 6) is -0.792. The molecule has 146 valence electrons. The summed E-state index contributed by atoms with van der Waals surface area (Å²) in [5, 5.41) is 14.1. The SMILES string of the molecule is Cc1ccc(OC(C)C(=O)N2c3ccccc3NC(=O)C2(C)C)c([N+](=O)[O-])c1. The van der Waals surface area contributed by atoms with Gasteiger partial charge in [-0.15, -0.1) is 0 Å². The molecule has 2 aromatic rings. The average Bonchev–Trinajstić information content (AvgIpc) is 2.63. The average molecular weight is 383 g/mol. The maximum absolute atomic E-state index is 13.2. The van der Waals surface area contributed by atoms with E-state index in [-0.39, 0.29) is 17.3 Å². The molecule has 8 heteroatoms. The summed E-state index contributed by atoms with van der Waals surface area (Å²) in [5.41, 5.74) is 0.415. The van der Waals surface area contributed by atoms with E-state index >= 15 is 0 Å². The Hall–Kier alpha value is -3.42. The molecule has 2 amide bonds. The van der Waals surface area contributed by atoms with Crippen molar-refractivity contribution in [3.63, 3.8) is 0 Å². The molecule has 28 heavy (non-hydrogen) atoms. The van der Waals surface area contributed by atoms with E-state index < -0.39 is 22.5 Å². The molecule has 0 spiro atoms. The summed E-state index contributed by atoms with van der Waals surface area (Å²) in [6.07, 6.45) is -1.04. The highest BCUT2D eigenvalue weighted by atomic mass is 16.6. The van der Waals surface area contributed by atoms with Crippen LogP contribution in [0.3, 0.4) is 0 Å². The van der Waals surface area contributed by atoms with E-state index in [2.05, 4.69) is 5.32 Å². The Kier molecular flexibility index (Phi) is 4.80. The maximum atomic E-state index is 13.2. The van der Waals surface area contributed by atoms with E-state index in [9.17, 15) is 19.7 Å². The fourth-order valence-electron chi connectivity index (χ4n) is 3.14. The van der Waals surface area contributed by atoms with Gasteiger partial charge in [0.15, 0.2) is 11.9 Å². The number of fused-ring (bicyclic) bond motifs is 1. The van der Waals surface area contributed by atoms with Gasteiger partial charge in [0, 0.05) is 6.07 Å². The zero-order valence-corrected chi connectivity index (χ0v) is 16.1. The van der Waals surface area contributed by atoms with Crippen molar-refractivity contribution in [1.82, 2.24) is 0 Å². The van der Waals surface area contributed by atoms with Crippen LogP contribution < -0.4 is 15.0 Å². The van der Waals surface area contributed by atoms with E-state index in [1.54, 1.807) is 51.1 Å². The van der Waals surface area contributed by atoms with Crippen molar-refractivity contribution in [2.24, 2.45) is 0 Å². The number of ether oxygens (including phenoxy) is 1. The van der Waals surface area contributed by atoms with Crippen molar-refractivity contribution < 1.29 is 19.2 Å². The fourth-order valence-corrected chi connectivity index (χ4v) is 3.14. The molecule has 1 atom stereocenters. The van der Waals surface area contributed by atoms with Crippen LogP contribution in [-0.2, 0) is 9.59 Å². The molecule has 3 rings (SSSR count). The van der Waals surface area contributed by atoms with Crippen LogP contribution in [0.1, 0.15) is 26.3 Å². The number of aryl methyl sites for hydroxylation is 1. The van der Waals surface area contributed by atoms with Gasteiger partial charge in [-0.05, 0) is 51.5 Å². The maximum Gasteiger partial charge on any atom is 0.311 e. The quantitative estimate of drug-likeness (QED) is 0.644. The molecule has 0 aromatic heterocycles. The number of carbonyl (C=O) groups is 2. The van der Waals surface area contributed by atoms with Gasteiger partial charge in [-0.3, -0.25) is 24.6 Å². The van der Waals surface area contributed by atoms with E-state index in [0.29, 0.717) is 16.9 Å². The minimum atomic E-state index is -1.15. The minimum Gasteiger partial charge on any atom is -0.474 e. The van der Waals surface area contributed by atoms with Gasteiger partial charge in [-0.2, -0.15) is 0 Å². The molecule has 0 aliphatic carbocycles. The number of hydrogen-bond donors (Lipinski definition) is 1. The largest absolute Gasteiger partial charge is 0.474 e. The first-order valence-electron chi connectivity index (χ1n) is 8.79. The van der Waals surface area contributed by atoms with Crippen LogP contribution >= 0.6 is 0 Å². The number of nitro benzene ring substituents is 1. The summed E-state index contributed by atoms with van der Waals surface area (Å²) in [4.78, 5) is 37.9. The number of para-hydroxylation sites is 2. The third-order valence-corrected chi connectivity index (χ3v) is 4.69. The van der Waals surface area contributed by atoms with Gasteiger partial charge in [-0.25, -0.2) is 0 Å². The number of nitrogens with one attached hydrogen (secondary N) is 1. The Morgan fingerprint density at radius 2 is 1.93 bits per heavy atom. The molecule has 1 heterocycles. The van der Waals surface area contributed by atoms with Crippen molar-refractivity contribution in [2.45, 2.75) is 39.3 Å². The number of nitrogens with zero attached hydrogens (tertiary/aromatic N) is 2. The summed E-state index contributed by atoms with van der Waals surface area (Å²) in [7, 11) is 0. The third-order valence-electron chi connectivity index (χ3n) is 4.69. The number of rotatable bonds is 4. The Morgan fingerprint density at radius 3 is 2.61 bits per heavy atom. The lowest BCUT2D eigenvalue weighted by atomic mass is 9.95.